The molecule has 0 saturated carbocycles. The van der Waals surface area contributed by atoms with Crippen LogP contribution in [0.2, 0.25) is 0 Å². The van der Waals surface area contributed by atoms with Crippen molar-refractivity contribution in [2.24, 2.45) is 5.84 Å². The van der Waals surface area contributed by atoms with E-state index in [-0.39, 0.29) is 0 Å². The van der Waals surface area contributed by atoms with E-state index < -0.39 is 0 Å². The van der Waals surface area contributed by atoms with Crippen LogP contribution in [-0.2, 0) is 12.8 Å². The summed E-state index contributed by atoms with van der Waals surface area (Å²) in [5.74, 6) is 6.51. The van der Waals surface area contributed by atoms with Gasteiger partial charge in [0.25, 0.3) is 0 Å². The molecule has 3 aromatic carbocycles. The van der Waals surface area contributed by atoms with Crippen LogP contribution in [0, 0.1) is 13.8 Å². The van der Waals surface area contributed by atoms with Gasteiger partial charge in [0.15, 0.2) is 0 Å². The lowest BCUT2D eigenvalue weighted by Crippen LogP contribution is -2.15. The number of hydrogen-bond acceptors (Lipinski definition) is 4. The standard InChI is InChI=1S/C25H27N5/c1-16-7-5-8-17(2)24(16)30(21-12-6-11-20(15-21)29-26)25-27-22-13-18-9-3-4-10-19(18)14-23(22)28-25/h5-8,11-15,29H,3-4,9-10,26H2,1-2H3,(H,27,28). The van der Waals surface area contributed by atoms with Gasteiger partial charge in [0.05, 0.1) is 28.1 Å². The number of imidazole rings is 1. The molecule has 0 fully saturated rings. The second-order valence-electron chi connectivity index (χ2n) is 8.18. The van der Waals surface area contributed by atoms with Crippen LogP contribution in [0.5, 0.6) is 0 Å². The summed E-state index contributed by atoms with van der Waals surface area (Å²) in [5, 5.41) is 0. The van der Waals surface area contributed by atoms with Crippen LogP contribution in [0.4, 0.5) is 23.0 Å². The zero-order valence-corrected chi connectivity index (χ0v) is 17.5. The number of hydrazine groups is 1. The fraction of sp³-hybridized carbons (Fsp3) is 0.240. The SMILES string of the molecule is Cc1cccc(C)c1N(c1cccc(NN)c1)c1nc2cc3c(cc2[nH]1)CCCC3. The van der Waals surface area contributed by atoms with Crippen molar-refractivity contribution < 1.29 is 0 Å². The summed E-state index contributed by atoms with van der Waals surface area (Å²) in [4.78, 5) is 10.8. The van der Waals surface area contributed by atoms with E-state index in [0.29, 0.717) is 0 Å². The number of aromatic nitrogens is 2. The van der Waals surface area contributed by atoms with Gasteiger partial charge < -0.3 is 10.4 Å². The topological polar surface area (TPSA) is 70.0 Å². The molecule has 5 rings (SSSR count). The zero-order chi connectivity index (χ0) is 20.7. The highest BCUT2D eigenvalue weighted by molar-refractivity contribution is 5.85. The van der Waals surface area contributed by atoms with Crippen molar-refractivity contribution in [3.05, 3.63) is 76.9 Å². The first kappa shape index (κ1) is 18.7. The molecule has 5 nitrogen and oxygen atoms in total. The zero-order valence-electron chi connectivity index (χ0n) is 17.5. The van der Waals surface area contributed by atoms with E-state index in [1.54, 1.807) is 0 Å². The molecule has 30 heavy (non-hydrogen) atoms. The van der Waals surface area contributed by atoms with E-state index in [1.807, 2.05) is 18.2 Å². The number of para-hydroxylation sites is 1. The van der Waals surface area contributed by atoms with Crippen LogP contribution in [0.1, 0.15) is 35.1 Å². The largest absolute Gasteiger partial charge is 0.324 e. The molecule has 0 radical (unpaired) electrons. The van der Waals surface area contributed by atoms with Gasteiger partial charge in [-0.1, -0.05) is 24.3 Å². The summed E-state index contributed by atoms with van der Waals surface area (Å²) in [7, 11) is 0. The molecule has 0 bridgehead atoms. The van der Waals surface area contributed by atoms with Gasteiger partial charge in [0.2, 0.25) is 5.95 Å². The molecule has 0 amide bonds. The van der Waals surface area contributed by atoms with Crippen LogP contribution in [0.15, 0.2) is 54.6 Å². The molecule has 152 valence electrons. The predicted molar refractivity (Wildman–Crippen MR) is 125 cm³/mol. The monoisotopic (exact) mass is 397 g/mol. The van der Waals surface area contributed by atoms with Crippen molar-refractivity contribution in [2.75, 3.05) is 10.3 Å². The third kappa shape index (κ3) is 3.21. The first-order valence-electron chi connectivity index (χ1n) is 10.6. The smallest absolute Gasteiger partial charge is 0.213 e. The predicted octanol–water partition coefficient (Wildman–Crippen LogP) is 5.81. The Balaban J connectivity index is 1.72. The Labute approximate surface area is 176 Å². The fourth-order valence-corrected chi connectivity index (χ4v) is 4.58. The molecule has 4 N–H and O–H groups in total. The minimum absolute atomic E-state index is 0.818. The number of rotatable bonds is 4. The van der Waals surface area contributed by atoms with Crippen molar-refractivity contribution in [3.63, 3.8) is 0 Å². The highest BCUT2D eigenvalue weighted by Gasteiger charge is 2.21. The Morgan fingerprint density at radius 2 is 1.63 bits per heavy atom. The highest BCUT2D eigenvalue weighted by atomic mass is 15.3. The average Bonchev–Trinajstić information content (AvgIpc) is 3.16. The van der Waals surface area contributed by atoms with Crippen LogP contribution < -0.4 is 16.2 Å². The number of hydrogen-bond donors (Lipinski definition) is 3. The van der Waals surface area contributed by atoms with Crippen molar-refractivity contribution in [3.8, 4) is 0 Å². The number of fused-ring (bicyclic) bond motifs is 2. The number of nitrogens with one attached hydrogen (secondary N) is 2. The highest BCUT2D eigenvalue weighted by Crippen LogP contribution is 2.39. The summed E-state index contributed by atoms with van der Waals surface area (Å²) < 4.78 is 0. The van der Waals surface area contributed by atoms with Crippen LogP contribution in [0.3, 0.4) is 0 Å². The summed E-state index contributed by atoms with van der Waals surface area (Å²) in [6, 6.07) is 19.0. The number of H-pyrrole nitrogens is 1. The third-order valence-corrected chi connectivity index (χ3v) is 6.08. The molecule has 0 spiro atoms. The number of benzene rings is 3. The summed E-state index contributed by atoms with van der Waals surface area (Å²) >= 11 is 0. The fourth-order valence-electron chi connectivity index (χ4n) is 4.58. The van der Waals surface area contributed by atoms with Crippen LogP contribution >= 0.6 is 0 Å². The first-order chi connectivity index (χ1) is 14.6. The second kappa shape index (κ2) is 7.50. The molecule has 0 saturated heterocycles. The van der Waals surface area contributed by atoms with E-state index in [2.05, 4.69) is 65.6 Å². The van der Waals surface area contributed by atoms with Gasteiger partial charge in [-0.25, -0.2) is 4.98 Å². The minimum Gasteiger partial charge on any atom is -0.324 e. The quantitative estimate of drug-likeness (QED) is 0.300. The van der Waals surface area contributed by atoms with E-state index in [0.717, 1.165) is 46.9 Å². The molecule has 1 heterocycles. The maximum Gasteiger partial charge on any atom is 0.213 e. The minimum atomic E-state index is 0.818. The average molecular weight is 398 g/mol. The van der Waals surface area contributed by atoms with Crippen molar-refractivity contribution in [2.45, 2.75) is 39.5 Å². The van der Waals surface area contributed by atoms with Crippen molar-refractivity contribution >= 4 is 34.0 Å². The van der Waals surface area contributed by atoms with Crippen molar-refractivity contribution in [1.82, 2.24) is 9.97 Å². The summed E-state index contributed by atoms with van der Waals surface area (Å²) in [6.45, 7) is 4.28. The lowest BCUT2D eigenvalue weighted by atomic mass is 9.91. The lowest BCUT2D eigenvalue weighted by molar-refractivity contribution is 0.687. The van der Waals surface area contributed by atoms with Gasteiger partial charge in [-0.2, -0.15) is 0 Å². The molecule has 0 unspecified atom stereocenters. The second-order valence-corrected chi connectivity index (χ2v) is 8.18. The van der Waals surface area contributed by atoms with E-state index >= 15 is 0 Å². The normalized spacial score (nSPS) is 13.3. The number of aromatic amines is 1. The molecule has 1 aromatic heterocycles. The van der Waals surface area contributed by atoms with Crippen molar-refractivity contribution in [1.29, 1.82) is 0 Å². The number of aryl methyl sites for hydroxylation is 4. The lowest BCUT2D eigenvalue weighted by Gasteiger charge is -2.26. The van der Waals surface area contributed by atoms with Gasteiger partial charge >= 0.3 is 0 Å². The molecular formula is C25H27N5. The van der Waals surface area contributed by atoms with Gasteiger partial charge in [-0.15, -0.1) is 0 Å². The molecule has 0 atom stereocenters. The first-order valence-corrected chi connectivity index (χ1v) is 10.6. The Morgan fingerprint density at radius 1 is 0.933 bits per heavy atom. The number of anilines is 4. The third-order valence-electron chi connectivity index (χ3n) is 6.08. The molecule has 4 aromatic rings. The Hall–Kier alpha value is -3.31. The number of nitrogen functional groups attached to an aromatic ring is 1. The maximum atomic E-state index is 5.70. The van der Waals surface area contributed by atoms with Crippen LogP contribution in [-0.4, -0.2) is 9.97 Å². The molecule has 0 aliphatic heterocycles. The van der Waals surface area contributed by atoms with E-state index in [4.69, 9.17) is 10.8 Å². The summed E-state index contributed by atoms with van der Waals surface area (Å²) in [6.07, 6.45) is 4.85. The molecule has 1 aliphatic carbocycles. The van der Waals surface area contributed by atoms with Gasteiger partial charge in [-0.3, -0.25) is 10.7 Å². The summed E-state index contributed by atoms with van der Waals surface area (Å²) in [5.41, 5.74) is 13.2. The van der Waals surface area contributed by atoms with Gasteiger partial charge in [0, 0.05) is 0 Å². The number of nitrogens with zero attached hydrogens (tertiary/aromatic N) is 2. The van der Waals surface area contributed by atoms with E-state index in [1.165, 1.54) is 35.1 Å². The number of nitrogens with two attached hydrogens (primary N) is 1. The van der Waals surface area contributed by atoms with Gasteiger partial charge in [-0.05, 0) is 92.1 Å². The van der Waals surface area contributed by atoms with E-state index in [9.17, 15) is 0 Å². The van der Waals surface area contributed by atoms with Crippen LogP contribution in [0.25, 0.3) is 11.0 Å². The maximum absolute atomic E-state index is 5.70. The Morgan fingerprint density at radius 3 is 2.37 bits per heavy atom. The molecule has 5 heteroatoms. The van der Waals surface area contributed by atoms with Gasteiger partial charge in [0.1, 0.15) is 0 Å². The Bertz CT molecular complexity index is 1160. The molecular weight excluding hydrogens is 370 g/mol. The molecule has 1 aliphatic rings. The Kier molecular flexibility index (Phi) is 4.68.